The molecule has 0 saturated heterocycles. The molecular formula is C18H15BrN2O. The number of nitrogens with zero attached hydrogens (tertiary/aromatic N) is 2. The van der Waals surface area contributed by atoms with E-state index in [1.165, 1.54) is 4.68 Å². The Morgan fingerprint density at radius 1 is 1.00 bits per heavy atom. The summed E-state index contributed by atoms with van der Waals surface area (Å²) in [6, 6.07) is 19.3. The lowest BCUT2D eigenvalue weighted by molar-refractivity contribution is 0.642. The zero-order valence-electron chi connectivity index (χ0n) is 12.2. The molecule has 3 nitrogen and oxygen atoms in total. The molecule has 0 atom stereocenters. The first-order chi connectivity index (χ1) is 10.6. The van der Waals surface area contributed by atoms with E-state index in [1.54, 1.807) is 12.1 Å². The maximum atomic E-state index is 12.1. The number of aromatic nitrogens is 2. The highest BCUT2D eigenvalue weighted by Gasteiger charge is 2.06. The van der Waals surface area contributed by atoms with E-state index in [9.17, 15) is 4.79 Å². The zero-order valence-corrected chi connectivity index (χ0v) is 13.7. The van der Waals surface area contributed by atoms with Gasteiger partial charge in [0.25, 0.3) is 5.56 Å². The largest absolute Gasteiger partial charge is 0.268 e. The van der Waals surface area contributed by atoms with Crippen molar-refractivity contribution in [3.05, 3.63) is 86.6 Å². The molecule has 0 fully saturated rings. The first kappa shape index (κ1) is 14.7. The normalized spacial score (nSPS) is 10.6. The third-order valence-corrected chi connectivity index (χ3v) is 4.06. The van der Waals surface area contributed by atoms with E-state index in [2.05, 4.69) is 21.0 Å². The third kappa shape index (κ3) is 3.17. The molecular weight excluding hydrogens is 340 g/mol. The Bertz CT molecular complexity index is 853. The molecule has 0 amide bonds. The summed E-state index contributed by atoms with van der Waals surface area (Å²) in [6.07, 6.45) is 0. The van der Waals surface area contributed by atoms with Crippen LogP contribution in [0.4, 0.5) is 0 Å². The number of hydrogen-bond acceptors (Lipinski definition) is 2. The van der Waals surface area contributed by atoms with Crippen LogP contribution < -0.4 is 5.56 Å². The fraction of sp³-hybridized carbons (Fsp3) is 0.111. The van der Waals surface area contributed by atoms with E-state index in [1.807, 2.05) is 55.5 Å². The summed E-state index contributed by atoms with van der Waals surface area (Å²) in [5.41, 5.74) is 3.95. The Morgan fingerprint density at radius 3 is 2.45 bits per heavy atom. The second kappa shape index (κ2) is 6.28. The summed E-state index contributed by atoms with van der Waals surface area (Å²) < 4.78 is 2.52. The number of hydrogen-bond donors (Lipinski definition) is 0. The second-order valence-corrected chi connectivity index (χ2v) is 6.07. The molecule has 0 saturated carbocycles. The van der Waals surface area contributed by atoms with Gasteiger partial charge in [0.15, 0.2) is 0 Å². The average molecular weight is 355 g/mol. The molecule has 0 spiro atoms. The minimum atomic E-state index is -0.0970. The maximum Gasteiger partial charge on any atom is 0.267 e. The molecule has 0 radical (unpaired) electrons. The van der Waals surface area contributed by atoms with Crippen LogP contribution in [0.25, 0.3) is 11.3 Å². The standard InChI is InChI=1S/C18H15BrN2O/c1-13-4-2-3-5-16(13)17-10-11-18(22)21(20-17)12-14-6-8-15(19)9-7-14/h2-11H,12H2,1H3. The molecule has 0 aliphatic rings. The summed E-state index contributed by atoms with van der Waals surface area (Å²) in [5.74, 6) is 0. The van der Waals surface area contributed by atoms with Crippen LogP contribution in [0.1, 0.15) is 11.1 Å². The topological polar surface area (TPSA) is 34.9 Å². The number of aryl methyl sites for hydroxylation is 1. The third-order valence-electron chi connectivity index (χ3n) is 3.53. The second-order valence-electron chi connectivity index (χ2n) is 5.16. The summed E-state index contributed by atoms with van der Waals surface area (Å²) >= 11 is 3.41. The Labute approximate surface area is 137 Å². The van der Waals surface area contributed by atoms with Gasteiger partial charge in [-0.3, -0.25) is 4.79 Å². The lowest BCUT2D eigenvalue weighted by atomic mass is 10.1. The van der Waals surface area contributed by atoms with Crippen LogP contribution in [-0.2, 0) is 6.54 Å². The molecule has 0 unspecified atom stereocenters. The monoisotopic (exact) mass is 354 g/mol. The maximum absolute atomic E-state index is 12.1. The van der Waals surface area contributed by atoms with Gasteiger partial charge in [-0.2, -0.15) is 5.10 Å². The van der Waals surface area contributed by atoms with Crippen molar-refractivity contribution in [1.82, 2.24) is 9.78 Å². The van der Waals surface area contributed by atoms with E-state index in [0.29, 0.717) is 6.54 Å². The van der Waals surface area contributed by atoms with Crippen LogP contribution in [0.5, 0.6) is 0 Å². The van der Waals surface area contributed by atoms with Gasteiger partial charge in [0.05, 0.1) is 12.2 Å². The summed E-state index contributed by atoms with van der Waals surface area (Å²) in [7, 11) is 0. The van der Waals surface area contributed by atoms with Crippen LogP contribution in [-0.4, -0.2) is 9.78 Å². The smallest absolute Gasteiger partial charge is 0.267 e. The fourth-order valence-corrected chi connectivity index (χ4v) is 2.59. The van der Waals surface area contributed by atoms with Gasteiger partial charge in [0.2, 0.25) is 0 Å². The van der Waals surface area contributed by atoms with Crippen molar-refractivity contribution < 1.29 is 0 Å². The molecule has 0 N–H and O–H groups in total. The van der Waals surface area contributed by atoms with Gasteiger partial charge in [0.1, 0.15) is 0 Å². The Kier molecular flexibility index (Phi) is 4.20. The highest BCUT2D eigenvalue weighted by molar-refractivity contribution is 9.10. The van der Waals surface area contributed by atoms with Crippen LogP contribution in [0, 0.1) is 6.92 Å². The highest BCUT2D eigenvalue weighted by atomic mass is 79.9. The highest BCUT2D eigenvalue weighted by Crippen LogP contribution is 2.19. The van der Waals surface area contributed by atoms with Crippen molar-refractivity contribution in [2.45, 2.75) is 13.5 Å². The van der Waals surface area contributed by atoms with Crippen molar-refractivity contribution in [1.29, 1.82) is 0 Å². The van der Waals surface area contributed by atoms with Gasteiger partial charge in [0, 0.05) is 16.1 Å². The van der Waals surface area contributed by atoms with Crippen LogP contribution in [0.15, 0.2) is 69.9 Å². The molecule has 22 heavy (non-hydrogen) atoms. The molecule has 0 aliphatic carbocycles. The Balaban J connectivity index is 1.98. The van der Waals surface area contributed by atoms with Crippen LogP contribution in [0.2, 0.25) is 0 Å². The van der Waals surface area contributed by atoms with Crippen molar-refractivity contribution in [2.75, 3.05) is 0 Å². The molecule has 4 heteroatoms. The minimum absolute atomic E-state index is 0.0970. The van der Waals surface area contributed by atoms with E-state index in [0.717, 1.165) is 26.9 Å². The molecule has 1 aromatic heterocycles. The van der Waals surface area contributed by atoms with Gasteiger partial charge in [-0.1, -0.05) is 52.3 Å². The molecule has 0 aliphatic heterocycles. The summed E-state index contributed by atoms with van der Waals surface area (Å²) in [6.45, 7) is 2.51. The first-order valence-electron chi connectivity index (χ1n) is 7.02. The van der Waals surface area contributed by atoms with Crippen LogP contribution in [0.3, 0.4) is 0 Å². The average Bonchev–Trinajstić information content (AvgIpc) is 2.52. The van der Waals surface area contributed by atoms with Crippen molar-refractivity contribution in [3.63, 3.8) is 0 Å². The molecule has 3 aromatic rings. The number of benzene rings is 2. The van der Waals surface area contributed by atoms with Crippen molar-refractivity contribution >= 4 is 15.9 Å². The predicted molar refractivity (Wildman–Crippen MR) is 91.9 cm³/mol. The quantitative estimate of drug-likeness (QED) is 0.711. The molecule has 1 heterocycles. The Hall–Kier alpha value is -2.20. The molecule has 2 aromatic carbocycles. The van der Waals surface area contributed by atoms with Gasteiger partial charge in [-0.15, -0.1) is 0 Å². The van der Waals surface area contributed by atoms with Gasteiger partial charge >= 0.3 is 0 Å². The van der Waals surface area contributed by atoms with E-state index < -0.39 is 0 Å². The predicted octanol–water partition coefficient (Wildman–Crippen LogP) is 4.03. The van der Waals surface area contributed by atoms with Gasteiger partial charge in [-0.05, 0) is 36.2 Å². The van der Waals surface area contributed by atoms with Crippen molar-refractivity contribution in [2.24, 2.45) is 0 Å². The van der Waals surface area contributed by atoms with Crippen LogP contribution >= 0.6 is 15.9 Å². The number of halogens is 1. The summed E-state index contributed by atoms with van der Waals surface area (Å²) in [4.78, 5) is 12.1. The number of rotatable bonds is 3. The van der Waals surface area contributed by atoms with E-state index >= 15 is 0 Å². The Morgan fingerprint density at radius 2 is 1.73 bits per heavy atom. The minimum Gasteiger partial charge on any atom is -0.268 e. The molecule has 0 bridgehead atoms. The van der Waals surface area contributed by atoms with Gasteiger partial charge < -0.3 is 0 Å². The molecule has 3 rings (SSSR count). The van der Waals surface area contributed by atoms with Crippen molar-refractivity contribution in [3.8, 4) is 11.3 Å². The SMILES string of the molecule is Cc1ccccc1-c1ccc(=O)n(Cc2ccc(Br)cc2)n1. The van der Waals surface area contributed by atoms with E-state index in [4.69, 9.17) is 0 Å². The van der Waals surface area contributed by atoms with Gasteiger partial charge in [-0.25, -0.2) is 4.68 Å². The van der Waals surface area contributed by atoms with E-state index in [-0.39, 0.29) is 5.56 Å². The zero-order chi connectivity index (χ0) is 15.5. The summed E-state index contributed by atoms with van der Waals surface area (Å²) in [5, 5.41) is 4.51. The lowest BCUT2D eigenvalue weighted by Gasteiger charge is -2.09. The molecule has 110 valence electrons. The fourth-order valence-electron chi connectivity index (χ4n) is 2.33. The first-order valence-corrected chi connectivity index (χ1v) is 7.81. The lowest BCUT2D eigenvalue weighted by Crippen LogP contribution is -2.22.